The van der Waals surface area contributed by atoms with Crippen LogP contribution in [0.15, 0.2) is 16.9 Å². The Bertz CT molecular complexity index is 744. The van der Waals surface area contributed by atoms with Crippen molar-refractivity contribution in [3.05, 3.63) is 22.4 Å². The first-order valence-electron chi connectivity index (χ1n) is 7.42. The van der Waals surface area contributed by atoms with Gasteiger partial charge in [-0.2, -0.15) is 5.10 Å². The fraction of sp³-hybridized carbons (Fsp3) is 0.467. The van der Waals surface area contributed by atoms with Crippen LogP contribution < -0.4 is 11.5 Å². The summed E-state index contributed by atoms with van der Waals surface area (Å²) in [5.74, 6) is 0.542. The highest BCUT2D eigenvalue weighted by Crippen LogP contribution is 2.42. The molecule has 0 bridgehead atoms. The normalized spacial score (nSPS) is 22.6. The van der Waals surface area contributed by atoms with Gasteiger partial charge in [-0.15, -0.1) is 0 Å². The lowest BCUT2D eigenvalue weighted by atomic mass is 9.91. The third kappa shape index (κ3) is 2.17. The number of anilines is 1. The molecule has 6 heteroatoms. The average molecular weight is 348 g/mol. The van der Waals surface area contributed by atoms with E-state index in [1.54, 1.807) is 0 Å². The van der Waals surface area contributed by atoms with Crippen LogP contribution in [0.5, 0.6) is 0 Å². The fourth-order valence-corrected chi connectivity index (χ4v) is 3.63. The van der Waals surface area contributed by atoms with E-state index in [0.29, 0.717) is 11.9 Å². The number of fused-ring (bicyclic) bond motifs is 1. The van der Waals surface area contributed by atoms with Crippen molar-refractivity contribution < 1.29 is 0 Å². The topological polar surface area (TPSA) is 82.8 Å². The molecule has 2 heterocycles. The molecule has 1 saturated carbocycles. The highest BCUT2D eigenvalue weighted by atomic mass is 79.9. The monoisotopic (exact) mass is 347 g/mol. The van der Waals surface area contributed by atoms with Crippen molar-refractivity contribution in [3.63, 3.8) is 0 Å². The molecule has 2 aliphatic carbocycles. The van der Waals surface area contributed by atoms with Gasteiger partial charge in [-0.1, -0.05) is 6.08 Å². The number of nitrogen functional groups attached to an aromatic ring is 1. The number of rotatable bonds is 2. The van der Waals surface area contributed by atoms with Crippen molar-refractivity contribution in [3.8, 4) is 0 Å². The van der Waals surface area contributed by atoms with Crippen LogP contribution in [0.1, 0.15) is 43.7 Å². The zero-order valence-corrected chi connectivity index (χ0v) is 13.3. The molecular weight excluding hydrogens is 330 g/mol. The molecule has 0 radical (unpaired) electrons. The molecule has 21 heavy (non-hydrogen) atoms. The molecule has 0 aliphatic heterocycles. The van der Waals surface area contributed by atoms with Crippen LogP contribution in [0.25, 0.3) is 16.5 Å². The minimum atomic E-state index is 0.283. The van der Waals surface area contributed by atoms with Gasteiger partial charge >= 0.3 is 0 Å². The predicted molar refractivity (Wildman–Crippen MR) is 87.7 cm³/mol. The van der Waals surface area contributed by atoms with E-state index >= 15 is 0 Å². The molecule has 110 valence electrons. The summed E-state index contributed by atoms with van der Waals surface area (Å²) in [6.07, 6.45) is 9.47. The van der Waals surface area contributed by atoms with Crippen LogP contribution in [0.3, 0.4) is 0 Å². The molecule has 1 unspecified atom stereocenters. The van der Waals surface area contributed by atoms with Gasteiger partial charge in [0.2, 0.25) is 0 Å². The summed E-state index contributed by atoms with van der Waals surface area (Å²) in [7, 11) is 0. The molecule has 2 aliphatic rings. The summed E-state index contributed by atoms with van der Waals surface area (Å²) in [6, 6.07) is 0.789. The van der Waals surface area contributed by atoms with Gasteiger partial charge in [0.05, 0.1) is 16.9 Å². The van der Waals surface area contributed by atoms with Crippen molar-refractivity contribution in [1.29, 1.82) is 0 Å². The summed E-state index contributed by atoms with van der Waals surface area (Å²) in [5, 5.41) is 5.58. The van der Waals surface area contributed by atoms with Crippen LogP contribution >= 0.6 is 15.9 Å². The molecule has 4 rings (SSSR count). The van der Waals surface area contributed by atoms with Gasteiger partial charge in [0, 0.05) is 17.8 Å². The van der Waals surface area contributed by atoms with E-state index < -0.39 is 0 Å². The first kappa shape index (κ1) is 13.3. The number of nitrogens with zero attached hydrogens (tertiary/aromatic N) is 3. The summed E-state index contributed by atoms with van der Waals surface area (Å²) in [5.41, 5.74) is 15.7. The number of nitrogens with two attached hydrogens (primary N) is 2. The molecule has 0 aromatic carbocycles. The van der Waals surface area contributed by atoms with Crippen LogP contribution in [-0.2, 0) is 0 Å². The maximum atomic E-state index is 6.08. The highest BCUT2D eigenvalue weighted by molar-refractivity contribution is 9.10. The Morgan fingerprint density at radius 2 is 2.10 bits per heavy atom. The molecule has 5 nitrogen and oxygen atoms in total. The Balaban J connectivity index is 1.95. The molecule has 2 aromatic rings. The number of halogens is 1. The molecule has 4 N–H and O–H groups in total. The number of hydrogen-bond acceptors (Lipinski definition) is 4. The van der Waals surface area contributed by atoms with Gasteiger partial charge in [0.1, 0.15) is 10.4 Å². The minimum Gasteiger partial charge on any atom is -0.383 e. The predicted octanol–water partition coefficient (Wildman–Crippen LogP) is 3.01. The summed E-state index contributed by atoms with van der Waals surface area (Å²) in [4.78, 5) is 4.38. The maximum Gasteiger partial charge on any atom is 0.139 e. The first-order chi connectivity index (χ1) is 10.1. The van der Waals surface area contributed by atoms with Crippen molar-refractivity contribution in [2.45, 2.75) is 44.2 Å². The third-order valence-electron chi connectivity index (χ3n) is 4.40. The lowest BCUT2D eigenvalue weighted by Crippen LogP contribution is -2.21. The standard InChI is InChI=1S/C15H18BrN5/c16-14-12-13(21(20-14)10-5-6-10)11(7-19-15(12)18)8-1-3-9(17)4-2-8/h1,7,9-10H,2-6,17H2,(H2,18,19). The lowest BCUT2D eigenvalue weighted by Gasteiger charge is -2.19. The maximum absolute atomic E-state index is 6.08. The quantitative estimate of drug-likeness (QED) is 0.874. The summed E-state index contributed by atoms with van der Waals surface area (Å²) < 4.78 is 2.92. The smallest absolute Gasteiger partial charge is 0.139 e. The summed E-state index contributed by atoms with van der Waals surface area (Å²) in [6.45, 7) is 0. The van der Waals surface area contributed by atoms with Gasteiger partial charge in [-0.25, -0.2) is 4.98 Å². The first-order valence-corrected chi connectivity index (χ1v) is 8.21. The van der Waals surface area contributed by atoms with Gasteiger partial charge < -0.3 is 11.5 Å². The van der Waals surface area contributed by atoms with E-state index in [1.807, 2.05) is 6.20 Å². The van der Waals surface area contributed by atoms with Crippen molar-refractivity contribution in [2.75, 3.05) is 5.73 Å². The van der Waals surface area contributed by atoms with E-state index in [0.717, 1.165) is 40.3 Å². The molecule has 2 aromatic heterocycles. The van der Waals surface area contributed by atoms with Crippen LogP contribution in [0, 0.1) is 0 Å². The second kappa shape index (κ2) is 4.81. The van der Waals surface area contributed by atoms with E-state index in [2.05, 4.69) is 36.8 Å². The zero-order chi connectivity index (χ0) is 14.6. The Hall–Kier alpha value is -1.40. The Morgan fingerprint density at radius 1 is 1.29 bits per heavy atom. The van der Waals surface area contributed by atoms with Gasteiger partial charge in [0.15, 0.2) is 0 Å². The number of pyridine rings is 1. The largest absolute Gasteiger partial charge is 0.383 e. The number of allylic oxidation sites excluding steroid dienone is 1. The molecule has 0 saturated heterocycles. The molecular formula is C15H18BrN5. The van der Waals surface area contributed by atoms with Crippen molar-refractivity contribution in [2.24, 2.45) is 5.73 Å². The van der Waals surface area contributed by atoms with Gasteiger partial charge in [0.25, 0.3) is 0 Å². The van der Waals surface area contributed by atoms with Crippen LogP contribution in [0.2, 0.25) is 0 Å². The van der Waals surface area contributed by atoms with E-state index in [-0.39, 0.29) is 6.04 Å². The van der Waals surface area contributed by atoms with Gasteiger partial charge in [-0.05, 0) is 53.6 Å². The highest BCUT2D eigenvalue weighted by Gasteiger charge is 2.30. The second-order valence-corrected chi connectivity index (χ2v) is 6.76. The van der Waals surface area contributed by atoms with Gasteiger partial charge in [-0.3, -0.25) is 4.68 Å². The van der Waals surface area contributed by atoms with Crippen LogP contribution in [0.4, 0.5) is 5.82 Å². The number of aromatic nitrogens is 3. The average Bonchev–Trinajstić information content (AvgIpc) is 3.25. The van der Waals surface area contributed by atoms with Crippen LogP contribution in [-0.4, -0.2) is 20.8 Å². The number of hydrogen-bond donors (Lipinski definition) is 2. The second-order valence-electron chi connectivity index (χ2n) is 6.01. The summed E-state index contributed by atoms with van der Waals surface area (Å²) >= 11 is 3.54. The SMILES string of the molecule is Nc1ncc(C2=CCC(N)CC2)c2c1c(Br)nn2C1CC1. The fourth-order valence-electron chi connectivity index (χ4n) is 3.07. The van der Waals surface area contributed by atoms with E-state index in [4.69, 9.17) is 11.5 Å². The molecule has 0 amide bonds. The minimum absolute atomic E-state index is 0.283. The van der Waals surface area contributed by atoms with Crippen molar-refractivity contribution in [1.82, 2.24) is 14.8 Å². The lowest BCUT2D eigenvalue weighted by molar-refractivity contribution is 0.614. The molecule has 1 fully saturated rings. The van der Waals surface area contributed by atoms with Crippen molar-refractivity contribution >= 4 is 38.2 Å². The third-order valence-corrected chi connectivity index (χ3v) is 4.96. The Morgan fingerprint density at radius 3 is 2.76 bits per heavy atom. The Labute approximate surface area is 131 Å². The molecule has 1 atom stereocenters. The Kier molecular flexibility index (Phi) is 3.04. The van der Waals surface area contributed by atoms with E-state index in [1.165, 1.54) is 18.4 Å². The zero-order valence-electron chi connectivity index (χ0n) is 11.7. The van der Waals surface area contributed by atoms with E-state index in [9.17, 15) is 0 Å². The molecule has 0 spiro atoms.